The SMILES string of the molecule is CCC(Nc1cc(C(F)(F)F)nc(N)n1)c1cccs1. The highest BCUT2D eigenvalue weighted by Crippen LogP contribution is 2.31. The van der Waals surface area contributed by atoms with E-state index in [1.807, 2.05) is 24.4 Å². The minimum Gasteiger partial charge on any atom is -0.368 e. The molecule has 0 aromatic carbocycles. The molecule has 2 aromatic rings. The third kappa shape index (κ3) is 3.38. The summed E-state index contributed by atoms with van der Waals surface area (Å²) in [6, 6.07) is 4.57. The summed E-state index contributed by atoms with van der Waals surface area (Å²) in [5, 5.41) is 4.88. The largest absolute Gasteiger partial charge is 0.433 e. The van der Waals surface area contributed by atoms with Gasteiger partial charge in [0.15, 0.2) is 5.69 Å². The summed E-state index contributed by atoms with van der Waals surface area (Å²) in [4.78, 5) is 8.04. The van der Waals surface area contributed by atoms with Crippen LogP contribution in [0.25, 0.3) is 0 Å². The standard InChI is InChI=1S/C12H13F3N4S/c1-2-7(8-4-3-5-20-8)17-10-6-9(12(13,14)15)18-11(16)19-10/h3-7H,2H2,1H3,(H3,16,17,18,19). The molecular formula is C12H13F3N4S. The number of anilines is 2. The van der Waals surface area contributed by atoms with E-state index in [-0.39, 0.29) is 11.9 Å². The highest BCUT2D eigenvalue weighted by Gasteiger charge is 2.33. The van der Waals surface area contributed by atoms with Gasteiger partial charge < -0.3 is 11.1 Å². The molecule has 3 N–H and O–H groups in total. The van der Waals surface area contributed by atoms with Crippen LogP contribution in [-0.2, 0) is 6.18 Å². The van der Waals surface area contributed by atoms with Crippen LogP contribution in [0.15, 0.2) is 23.6 Å². The first-order chi connectivity index (χ1) is 9.40. The molecule has 0 aliphatic heterocycles. The van der Waals surface area contributed by atoms with Crippen molar-refractivity contribution < 1.29 is 13.2 Å². The summed E-state index contributed by atoms with van der Waals surface area (Å²) in [5.74, 6) is -0.326. The molecule has 2 aromatic heterocycles. The Labute approximate surface area is 117 Å². The molecule has 20 heavy (non-hydrogen) atoms. The van der Waals surface area contributed by atoms with Crippen molar-refractivity contribution in [2.75, 3.05) is 11.1 Å². The van der Waals surface area contributed by atoms with Crippen molar-refractivity contribution in [3.05, 3.63) is 34.2 Å². The highest BCUT2D eigenvalue weighted by molar-refractivity contribution is 7.10. The fourth-order valence-corrected chi connectivity index (χ4v) is 2.59. The Morgan fingerprint density at radius 3 is 2.70 bits per heavy atom. The first-order valence-electron chi connectivity index (χ1n) is 5.92. The lowest BCUT2D eigenvalue weighted by molar-refractivity contribution is -0.141. The maximum Gasteiger partial charge on any atom is 0.433 e. The van der Waals surface area contributed by atoms with Crippen molar-refractivity contribution >= 4 is 23.1 Å². The Hall–Kier alpha value is -1.83. The number of thiophene rings is 1. The van der Waals surface area contributed by atoms with E-state index in [9.17, 15) is 13.2 Å². The molecule has 0 fully saturated rings. The number of hydrogen-bond acceptors (Lipinski definition) is 5. The van der Waals surface area contributed by atoms with E-state index in [2.05, 4.69) is 15.3 Å². The zero-order chi connectivity index (χ0) is 14.8. The molecule has 0 saturated carbocycles. The van der Waals surface area contributed by atoms with Gasteiger partial charge in [0.25, 0.3) is 0 Å². The molecule has 0 radical (unpaired) electrons. The first kappa shape index (κ1) is 14.6. The number of nitrogen functional groups attached to an aromatic ring is 1. The molecule has 0 spiro atoms. The molecule has 2 rings (SSSR count). The number of nitrogens with one attached hydrogen (secondary N) is 1. The molecule has 0 aliphatic rings. The van der Waals surface area contributed by atoms with Gasteiger partial charge in [0, 0.05) is 10.9 Å². The number of aromatic nitrogens is 2. The summed E-state index contributed by atoms with van der Waals surface area (Å²) < 4.78 is 38.0. The topological polar surface area (TPSA) is 63.8 Å². The van der Waals surface area contributed by atoms with Crippen molar-refractivity contribution in [2.45, 2.75) is 25.6 Å². The Kier molecular flexibility index (Phi) is 4.12. The van der Waals surface area contributed by atoms with E-state index in [1.165, 1.54) is 11.3 Å². The molecule has 1 unspecified atom stereocenters. The second-order valence-electron chi connectivity index (χ2n) is 4.11. The lowest BCUT2D eigenvalue weighted by Gasteiger charge is -2.17. The van der Waals surface area contributed by atoms with Gasteiger partial charge in [-0.05, 0) is 17.9 Å². The number of nitrogens with zero attached hydrogens (tertiary/aromatic N) is 2. The van der Waals surface area contributed by atoms with Crippen molar-refractivity contribution in [2.24, 2.45) is 0 Å². The van der Waals surface area contributed by atoms with Crippen LogP contribution in [0.5, 0.6) is 0 Å². The molecule has 2 heterocycles. The zero-order valence-electron chi connectivity index (χ0n) is 10.6. The molecule has 0 saturated heterocycles. The van der Waals surface area contributed by atoms with E-state index in [0.717, 1.165) is 10.9 Å². The monoisotopic (exact) mass is 302 g/mol. The Balaban J connectivity index is 2.27. The Morgan fingerprint density at radius 1 is 1.40 bits per heavy atom. The summed E-state index contributed by atoms with van der Waals surface area (Å²) in [5.41, 5.74) is 4.28. The van der Waals surface area contributed by atoms with Gasteiger partial charge in [0.2, 0.25) is 5.95 Å². The van der Waals surface area contributed by atoms with Gasteiger partial charge in [-0.3, -0.25) is 0 Å². The van der Waals surface area contributed by atoms with Crippen molar-refractivity contribution in [3.63, 3.8) is 0 Å². The quantitative estimate of drug-likeness (QED) is 0.904. The molecule has 8 heteroatoms. The number of hydrogen-bond donors (Lipinski definition) is 2. The van der Waals surface area contributed by atoms with Crippen LogP contribution in [0.1, 0.15) is 30.0 Å². The van der Waals surface area contributed by atoms with E-state index in [1.54, 1.807) is 0 Å². The summed E-state index contributed by atoms with van der Waals surface area (Å²) in [6.45, 7) is 1.94. The normalized spacial score (nSPS) is 13.2. The van der Waals surface area contributed by atoms with Gasteiger partial charge in [-0.25, -0.2) is 4.98 Å². The van der Waals surface area contributed by atoms with Gasteiger partial charge in [-0.15, -0.1) is 11.3 Å². The molecule has 0 bridgehead atoms. The Morgan fingerprint density at radius 2 is 2.15 bits per heavy atom. The summed E-state index contributed by atoms with van der Waals surface area (Å²) >= 11 is 1.53. The second-order valence-corrected chi connectivity index (χ2v) is 5.09. The predicted molar refractivity (Wildman–Crippen MR) is 72.4 cm³/mol. The van der Waals surface area contributed by atoms with Crippen LogP contribution in [0.4, 0.5) is 24.9 Å². The van der Waals surface area contributed by atoms with Crippen LogP contribution in [0.2, 0.25) is 0 Å². The average Bonchev–Trinajstić information content (AvgIpc) is 2.88. The van der Waals surface area contributed by atoms with Crippen LogP contribution in [0, 0.1) is 0 Å². The van der Waals surface area contributed by atoms with Crippen LogP contribution in [-0.4, -0.2) is 9.97 Å². The molecular weight excluding hydrogens is 289 g/mol. The molecule has 0 aliphatic carbocycles. The zero-order valence-corrected chi connectivity index (χ0v) is 11.4. The van der Waals surface area contributed by atoms with Gasteiger partial charge in [0.05, 0.1) is 6.04 Å². The lowest BCUT2D eigenvalue weighted by Crippen LogP contribution is -2.15. The maximum absolute atomic E-state index is 12.7. The van der Waals surface area contributed by atoms with E-state index >= 15 is 0 Å². The Bertz CT molecular complexity index is 569. The number of halogens is 3. The van der Waals surface area contributed by atoms with Crippen molar-refractivity contribution in [1.82, 2.24) is 9.97 Å². The van der Waals surface area contributed by atoms with Gasteiger partial charge in [-0.1, -0.05) is 13.0 Å². The maximum atomic E-state index is 12.7. The molecule has 0 amide bonds. The molecule has 108 valence electrons. The van der Waals surface area contributed by atoms with Crippen molar-refractivity contribution in [3.8, 4) is 0 Å². The number of rotatable bonds is 4. The van der Waals surface area contributed by atoms with Crippen LogP contribution < -0.4 is 11.1 Å². The summed E-state index contributed by atoms with van der Waals surface area (Å²) in [7, 11) is 0. The lowest BCUT2D eigenvalue weighted by atomic mass is 10.2. The first-order valence-corrected chi connectivity index (χ1v) is 6.79. The third-order valence-corrected chi connectivity index (χ3v) is 3.64. The van der Waals surface area contributed by atoms with Gasteiger partial charge in [-0.2, -0.15) is 18.2 Å². The van der Waals surface area contributed by atoms with E-state index in [4.69, 9.17) is 5.73 Å². The number of alkyl halides is 3. The molecule has 4 nitrogen and oxygen atoms in total. The van der Waals surface area contributed by atoms with Crippen LogP contribution in [0.3, 0.4) is 0 Å². The van der Waals surface area contributed by atoms with Crippen LogP contribution >= 0.6 is 11.3 Å². The minimum atomic E-state index is -4.54. The predicted octanol–water partition coefficient (Wildman–Crippen LogP) is 3.70. The smallest absolute Gasteiger partial charge is 0.368 e. The fraction of sp³-hybridized carbons (Fsp3) is 0.333. The van der Waals surface area contributed by atoms with Crippen molar-refractivity contribution in [1.29, 1.82) is 0 Å². The summed E-state index contributed by atoms with van der Waals surface area (Å²) in [6.07, 6.45) is -3.83. The number of nitrogens with two attached hydrogens (primary N) is 1. The van der Waals surface area contributed by atoms with E-state index < -0.39 is 17.8 Å². The molecule has 1 atom stereocenters. The minimum absolute atomic E-state index is 0.0741. The van der Waals surface area contributed by atoms with Gasteiger partial charge in [0.1, 0.15) is 5.82 Å². The van der Waals surface area contributed by atoms with Gasteiger partial charge >= 0.3 is 6.18 Å². The third-order valence-electron chi connectivity index (χ3n) is 2.65. The highest BCUT2D eigenvalue weighted by atomic mass is 32.1. The fourth-order valence-electron chi connectivity index (χ4n) is 1.73. The second kappa shape index (κ2) is 5.66. The average molecular weight is 302 g/mol. The van der Waals surface area contributed by atoms with E-state index in [0.29, 0.717) is 6.42 Å².